The van der Waals surface area contributed by atoms with Crippen LogP contribution in [0.25, 0.3) is 0 Å². The van der Waals surface area contributed by atoms with Crippen LogP contribution in [0.4, 0.5) is 4.39 Å². The number of nitrogens with zero attached hydrogens (tertiary/aromatic N) is 1. The van der Waals surface area contributed by atoms with Crippen LogP contribution in [-0.2, 0) is 4.74 Å². The molecule has 0 N–H and O–H groups in total. The molecule has 0 aromatic heterocycles. The fraction of sp³-hybridized carbons (Fsp3) is 0.100. The summed E-state index contributed by atoms with van der Waals surface area (Å²) in [4.78, 5) is 49.6. The molecule has 3 rings (SSSR count). The molecule has 136 valence electrons. The highest BCUT2D eigenvalue weighted by atomic mass is 19.1. The molecule has 27 heavy (non-hydrogen) atoms. The Morgan fingerprint density at radius 2 is 1.78 bits per heavy atom. The highest BCUT2D eigenvalue weighted by Crippen LogP contribution is 2.24. The van der Waals surface area contributed by atoms with Gasteiger partial charge in [0.25, 0.3) is 11.8 Å². The third-order valence-electron chi connectivity index (χ3n) is 4.03. The molecule has 0 bridgehead atoms. The fourth-order valence-corrected chi connectivity index (χ4v) is 2.69. The molecule has 1 aliphatic heterocycles. The summed E-state index contributed by atoms with van der Waals surface area (Å²) in [6.07, 6.45) is 1.42. The topological polar surface area (TPSA) is 80.8 Å². The third kappa shape index (κ3) is 3.39. The summed E-state index contributed by atoms with van der Waals surface area (Å²) in [5, 5.41) is 0. The zero-order valence-corrected chi connectivity index (χ0v) is 14.1. The maximum Gasteiger partial charge on any atom is 0.338 e. The largest absolute Gasteiger partial charge is 0.454 e. The summed E-state index contributed by atoms with van der Waals surface area (Å²) in [7, 11) is 0. The van der Waals surface area contributed by atoms with Crippen LogP contribution in [0.3, 0.4) is 0 Å². The molecule has 0 saturated heterocycles. The summed E-state index contributed by atoms with van der Waals surface area (Å²) in [5.74, 6) is -3.25. The van der Waals surface area contributed by atoms with Crippen molar-refractivity contribution < 1.29 is 28.3 Å². The van der Waals surface area contributed by atoms with Crippen molar-refractivity contribution in [1.82, 2.24) is 4.90 Å². The summed E-state index contributed by atoms with van der Waals surface area (Å²) in [6, 6.07) is 9.29. The summed E-state index contributed by atoms with van der Waals surface area (Å²) < 4.78 is 18.5. The molecule has 2 amide bonds. The molecule has 6 nitrogen and oxygen atoms in total. The van der Waals surface area contributed by atoms with Gasteiger partial charge < -0.3 is 4.74 Å². The standard InChI is InChI=1S/C20H14FNO5/c1-2-9-22-18(24)13-8-7-12(10-15(13)19(22)25)20(26)27-11-17(23)14-5-3-4-6-16(14)21/h2-8,10H,1,9,11H2. The minimum atomic E-state index is -0.857. The monoisotopic (exact) mass is 367 g/mol. The van der Waals surface area contributed by atoms with Crippen LogP contribution < -0.4 is 0 Å². The Bertz CT molecular complexity index is 982. The van der Waals surface area contributed by atoms with Gasteiger partial charge >= 0.3 is 5.97 Å². The van der Waals surface area contributed by atoms with Crippen LogP contribution in [0.15, 0.2) is 55.1 Å². The Kier molecular flexibility index (Phi) is 4.94. The zero-order valence-electron chi connectivity index (χ0n) is 14.1. The number of Topliss-reactive ketones (excluding diaryl/α,β-unsaturated/α-hetero) is 1. The SMILES string of the molecule is C=CCN1C(=O)c2ccc(C(=O)OCC(=O)c3ccccc3F)cc2C1=O. The number of amides is 2. The molecule has 1 aliphatic rings. The van der Waals surface area contributed by atoms with Crippen molar-refractivity contribution in [1.29, 1.82) is 0 Å². The van der Waals surface area contributed by atoms with Gasteiger partial charge in [0.2, 0.25) is 5.78 Å². The van der Waals surface area contributed by atoms with Gasteiger partial charge in [-0.25, -0.2) is 9.18 Å². The van der Waals surface area contributed by atoms with E-state index in [0.29, 0.717) is 0 Å². The van der Waals surface area contributed by atoms with Crippen molar-refractivity contribution in [3.05, 3.63) is 83.2 Å². The molecule has 7 heteroatoms. The van der Waals surface area contributed by atoms with E-state index >= 15 is 0 Å². The Morgan fingerprint density at radius 1 is 1.07 bits per heavy atom. The molecule has 0 unspecified atom stereocenters. The number of benzene rings is 2. The number of imide groups is 1. The van der Waals surface area contributed by atoms with Gasteiger partial charge in [-0.3, -0.25) is 19.3 Å². The van der Waals surface area contributed by atoms with E-state index in [1.807, 2.05) is 0 Å². The fourth-order valence-electron chi connectivity index (χ4n) is 2.69. The molecule has 0 spiro atoms. The van der Waals surface area contributed by atoms with E-state index in [1.165, 1.54) is 42.5 Å². The first kappa shape index (κ1) is 18.2. The molecule has 1 heterocycles. The predicted octanol–water partition coefficient (Wildman–Crippen LogP) is 2.65. The Hall–Kier alpha value is -3.61. The van der Waals surface area contributed by atoms with E-state index in [9.17, 15) is 23.6 Å². The van der Waals surface area contributed by atoms with Gasteiger partial charge in [0.15, 0.2) is 6.61 Å². The number of ether oxygens (including phenoxy) is 1. The summed E-state index contributed by atoms with van der Waals surface area (Å²) in [5.41, 5.74) is 0.0920. The Balaban J connectivity index is 1.73. The maximum atomic E-state index is 13.6. The van der Waals surface area contributed by atoms with E-state index in [0.717, 1.165) is 11.0 Å². The van der Waals surface area contributed by atoms with E-state index < -0.39 is 36.0 Å². The minimum Gasteiger partial charge on any atom is -0.454 e. The molecule has 2 aromatic rings. The van der Waals surface area contributed by atoms with Gasteiger partial charge in [-0.1, -0.05) is 18.2 Å². The van der Waals surface area contributed by atoms with Gasteiger partial charge in [0.05, 0.1) is 22.3 Å². The highest BCUT2D eigenvalue weighted by Gasteiger charge is 2.35. The van der Waals surface area contributed by atoms with Crippen LogP contribution in [0.5, 0.6) is 0 Å². The second-order valence-electron chi connectivity index (χ2n) is 5.75. The number of halogens is 1. The number of esters is 1. The van der Waals surface area contributed by atoms with Crippen LogP contribution >= 0.6 is 0 Å². The van der Waals surface area contributed by atoms with Crippen LogP contribution in [0.2, 0.25) is 0 Å². The number of carbonyl (C=O) groups is 4. The number of hydrogen-bond donors (Lipinski definition) is 0. The van der Waals surface area contributed by atoms with Crippen molar-refractivity contribution in [3.8, 4) is 0 Å². The molecule has 0 atom stereocenters. The molecule has 2 aromatic carbocycles. The first-order valence-electron chi connectivity index (χ1n) is 8.00. The van der Waals surface area contributed by atoms with Crippen molar-refractivity contribution in [2.75, 3.05) is 13.2 Å². The number of hydrogen-bond acceptors (Lipinski definition) is 5. The third-order valence-corrected chi connectivity index (χ3v) is 4.03. The van der Waals surface area contributed by atoms with E-state index in [-0.39, 0.29) is 28.8 Å². The van der Waals surface area contributed by atoms with Crippen LogP contribution in [0.1, 0.15) is 41.4 Å². The van der Waals surface area contributed by atoms with Crippen LogP contribution in [-0.4, -0.2) is 41.6 Å². The highest BCUT2D eigenvalue weighted by molar-refractivity contribution is 6.22. The summed E-state index contributed by atoms with van der Waals surface area (Å²) in [6.45, 7) is 2.91. The van der Waals surface area contributed by atoms with Gasteiger partial charge in [0.1, 0.15) is 5.82 Å². The molecular weight excluding hydrogens is 353 g/mol. The molecule has 0 aliphatic carbocycles. The maximum absolute atomic E-state index is 13.6. The van der Waals surface area contributed by atoms with E-state index in [1.54, 1.807) is 0 Å². The van der Waals surface area contributed by atoms with Gasteiger partial charge in [-0.2, -0.15) is 0 Å². The van der Waals surface area contributed by atoms with Crippen molar-refractivity contribution in [2.24, 2.45) is 0 Å². The van der Waals surface area contributed by atoms with Crippen LogP contribution in [0, 0.1) is 5.82 Å². The average Bonchev–Trinajstić information content (AvgIpc) is 2.91. The van der Waals surface area contributed by atoms with Crippen molar-refractivity contribution in [3.63, 3.8) is 0 Å². The number of fused-ring (bicyclic) bond motifs is 1. The molecule has 0 saturated carbocycles. The van der Waals surface area contributed by atoms with Crippen molar-refractivity contribution in [2.45, 2.75) is 0 Å². The number of ketones is 1. The molecule has 0 radical (unpaired) electrons. The lowest BCUT2D eigenvalue weighted by atomic mass is 10.1. The van der Waals surface area contributed by atoms with E-state index in [4.69, 9.17) is 4.74 Å². The second kappa shape index (κ2) is 7.33. The van der Waals surface area contributed by atoms with E-state index in [2.05, 4.69) is 6.58 Å². The Morgan fingerprint density at radius 3 is 2.48 bits per heavy atom. The normalized spacial score (nSPS) is 12.7. The lowest BCUT2D eigenvalue weighted by Crippen LogP contribution is -2.29. The van der Waals surface area contributed by atoms with Gasteiger partial charge in [-0.05, 0) is 30.3 Å². The zero-order chi connectivity index (χ0) is 19.6. The second-order valence-corrected chi connectivity index (χ2v) is 5.75. The van der Waals surface area contributed by atoms with Gasteiger partial charge in [0, 0.05) is 6.54 Å². The Labute approximate surface area is 153 Å². The minimum absolute atomic E-state index is 0.0108. The quantitative estimate of drug-likeness (QED) is 0.339. The first-order chi connectivity index (χ1) is 12.9. The number of rotatable bonds is 6. The first-order valence-corrected chi connectivity index (χ1v) is 8.00. The average molecular weight is 367 g/mol. The molecular formula is C20H14FNO5. The smallest absolute Gasteiger partial charge is 0.338 e. The molecule has 0 fully saturated rings. The van der Waals surface area contributed by atoms with Crippen molar-refractivity contribution >= 4 is 23.6 Å². The lowest BCUT2D eigenvalue weighted by molar-refractivity contribution is 0.0473. The lowest BCUT2D eigenvalue weighted by Gasteiger charge is -2.09. The summed E-state index contributed by atoms with van der Waals surface area (Å²) >= 11 is 0. The van der Waals surface area contributed by atoms with Gasteiger partial charge in [-0.15, -0.1) is 6.58 Å². The number of carbonyl (C=O) groups excluding carboxylic acids is 4. The predicted molar refractivity (Wildman–Crippen MR) is 93.0 cm³/mol.